The molecule has 2 atom stereocenters. The zero-order valence-electron chi connectivity index (χ0n) is 17.5. The van der Waals surface area contributed by atoms with Crippen molar-refractivity contribution >= 4 is 27.3 Å². The molecule has 30 heavy (non-hydrogen) atoms. The predicted molar refractivity (Wildman–Crippen MR) is 119 cm³/mol. The number of carbonyl (C=O) groups excluding carboxylic acids is 1. The van der Waals surface area contributed by atoms with E-state index in [1.807, 2.05) is 30.9 Å². The topological polar surface area (TPSA) is 60.9 Å². The molecule has 0 radical (unpaired) electrons. The summed E-state index contributed by atoms with van der Waals surface area (Å²) in [5.74, 6) is 0.101. The number of piperazine rings is 1. The second-order valence-corrected chi connectivity index (χ2v) is 10.9. The Morgan fingerprint density at radius 3 is 2.40 bits per heavy atom. The number of nitrogens with zero attached hydrogens (tertiary/aromatic N) is 3. The third kappa shape index (κ3) is 4.19. The third-order valence-electron chi connectivity index (χ3n) is 6.29. The van der Waals surface area contributed by atoms with Crippen molar-refractivity contribution in [2.45, 2.75) is 43.7 Å². The maximum atomic E-state index is 13.2. The Hall–Kier alpha value is -1.74. The van der Waals surface area contributed by atoms with E-state index in [2.05, 4.69) is 21.7 Å². The van der Waals surface area contributed by atoms with E-state index in [1.54, 1.807) is 23.5 Å². The minimum atomic E-state index is -3.52. The lowest BCUT2D eigenvalue weighted by atomic mass is 10.1. The number of carbonyl (C=O) groups is 1. The lowest BCUT2D eigenvalue weighted by Crippen LogP contribution is -2.55. The minimum absolute atomic E-state index is 0.101. The van der Waals surface area contributed by atoms with Crippen LogP contribution >= 0.6 is 11.3 Å². The van der Waals surface area contributed by atoms with Crippen LogP contribution < -0.4 is 0 Å². The summed E-state index contributed by atoms with van der Waals surface area (Å²) < 4.78 is 27.3. The van der Waals surface area contributed by atoms with Crippen LogP contribution in [-0.4, -0.2) is 67.2 Å². The van der Waals surface area contributed by atoms with Crippen LogP contribution in [0.2, 0.25) is 0 Å². The molecule has 2 saturated heterocycles. The SMILES string of the molecule is Cc1ccc(S(=O)(=O)N2CCN(C(=O)[C@H](C)N3CCC[C@H]3c3ccsc3)CC2)cc1. The highest BCUT2D eigenvalue weighted by Crippen LogP contribution is 2.35. The molecule has 2 fully saturated rings. The van der Waals surface area contributed by atoms with Gasteiger partial charge in [-0.15, -0.1) is 0 Å². The molecule has 0 N–H and O–H groups in total. The van der Waals surface area contributed by atoms with Gasteiger partial charge in [0.2, 0.25) is 15.9 Å². The molecule has 0 bridgehead atoms. The number of hydrogen-bond donors (Lipinski definition) is 0. The molecule has 4 rings (SSSR count). The van der Waals surface area contributed by atoms with Crippen molar-refractivity contribution in [1.29, 1.82) is 0 Å². The zero-order chi connectivity index (χ0) is 21.3. The largest absolute Gasteiger partial charge is 0.339 e. The minimum Gasteiger partial charge on any atom is -0.339 e. The maximum Gasteiger partial charge on any atom is 0.243 e. The van der Waals surface area contributed by atoms with Crippen LogP contribution in [0.5, 0.6) is 0 Å². The summed E-state index contributed by atoms with van der Waals surface area (Å²) >= 11 is 1.69. The average molecular weight is 448 g/mol. The predicted octanol–water partition coefficient (Wildman–Crippen LogP) is 3.12. The highest BCUT2D eigenvalue weighted by atomic mass is 32.2. The van der Waals surface area contributed by atoms with Gasteiger partial charge in [0.05, 0.1) is 10.9 Å². The molecule has 0 saturated carbocycles. The Bertz CT molecular complexity index is 966. The van der Waals surface area contributed by atoms with Gasteiger partial charge in [0.25, 0.3) is 0 Å². The number of hydrogen-bond acceptors (Lipinski definition) is 5. The molecule has 3 heterocycles. The molecule has 0 aliphatic carbocycles. The smallest absolute Gasteiger partial charge is 0.243 e. The third-order valence-corrected chi connectivity index (χ3v) is 8.90. The number of thiophene rings is 1. The molecule has 6 nitrogen and oxygen atoms in total. The molecule has 1 amide bonds. The second-order valence-electron chi connectivity index (χ2n) is 8.17. The van der Waals surface area contributed by atoms with E-state index in [-0.39, 0.29) is 11.9 Å². The number of benzene rings is 1. The van der Waals surface area contributed by atoms with Crippen LogP contribution in [0.1, 0.15) is 36.9 Å². The van der Waals surface area contributed by atoms with Crippen LogP contribution in [-0.2, 0) is 14.8 Å². The first-order valence-electron chi connectivity index (χ1n) is 10.5. The fourth-order valence-corrected chi connectivity index (χ4v) is 6.62. The van der Waals surface area contributed by atoms with Crippen molar-refractivity contribution in [3.63, 3.8) is 0 Å². The Kier molecular flexibility index (Phi) is 6.29. The molecule has 2 aromatic rings. The van der Waals surface area contributed by atoms with Gasteiger partial charge in [0.15, 0.2) is 0 Å². The first-order chi connectivity index (χ1) is 14.4. The summed E-state index contributed by atoms with van der Waals surface area (Å²) in [5, 5.41) is 4.26. The number of amides is 1. The first kappa shape index (κ1) is 21.5. The molecular weight excluding hydrogens is 418 g/mol. The first-order valence-corrected chi connectivity index (χ1v) is 12.9. The molecule has 0 spiro atoms. The van der Waals surface area contributed by atoms with E-state index in [9.17, 15) is 13.2 Å². The molecule has 2 aliphatic heterocycles. The van der Waals surface area contributed by atoms with Gasteiger partial charge in [-0.3, -0.25) is 9.69 Å². The Balaban J connectivity index is 1.39. The van der Waals surface area contributed by atoms with Gasteiger partial charge in [-0.1, -0.05) is 17.7 Å². The van der Waals surface area contributed by atoms with Gasteiger partial charge >= 0.3 is 0 Å². The summed E-state index contributed by atoms with van der Waals surface area (Å²) in [7, 11) is -3.52. The van der Waals surface area contributed by atoms with Gasteiger partial charge < -0.3 is 4.90 Å². The van der Waals surface area contributed by atoms with E-state index in [0.717, 1.165) is 24.9 Å². The van der Waals surface area contributed by atoms with Crippen molar-refractivity contribution in [3.8, 4) is 0 Å². The zero-order valence-corrected chi connectivity index (χ0v) is 19.2. The molecule has 2 aliphatic rings. The quantitative estimate of drug-likeness (QED) is 0.707. The molecule has 8 heteroatoms. The van der Waals surface area contributed by atoms with Crippen LogP contribution in [0, 0.1) is 6.92 Å². The Morgan fingerprint density at radius 1 is 1.07 bits per heavy atom. The summed E-state index contributed by atoms with van der Waals surface area (Å²) in [6.45, 7) is 6.39. The Morgan fingerprint density at radius 2 is 1.77 bits per heavy atom. The van der Waals surface area contributed by atoms with Crippen molar-refractivity contribution in [1.82, 2.24) is 14.1 Å². The monoisotopic (exact) mass is 447 g/mol. The summed E-state index contributed by atoms with van der Waals surface area (Å²) in [6.07, 6.45) is 2.18. The highest BCUT2D eigenvalue weighted by Gasteiger charge is 2.37. The van der Waals surface area contributed by atoms with Crippen LogP contribution in [0.15, 0.2) is 46.0 Å². The van der Waals surface area contributed by atoms with Crippen molar-refractivity contribution in [2.24, 2.45) is 0 Å². The van der Waals surface area contributed by atoms with E-state index < -0.39 is 10.0 Å². The molecule has 1 aromatic heterocycles. The van der Waals surface area contributed by atoms with Gasteiger partial charge in [-0.2, -0.15) is 15.6 Å². The second kappa shape index (κ2) is 8.78. The molecule has 1 aromatic carbocycles. The summed E-state index contributed by atoms with van der Waals surface area (Å²) in [4.78, 5) is 17.6. The van der Waals surface area contributed by atoms with E-state index >= 15 is 0 Å². The van der Waals surface area contributed by atoms with E-state index in [1.165, 1.54) is 9.87 Å². The van der Waals surface area contributed by atoms with Gasteiger partial charge in [0, 0.05) is 32.2 Å². The molecule has 162 valence electrons. The van der Waals surface area contributed by atoms with E-state index in [4.69, 9.17) is 0 Å². The van der Waals surface area contributed by atoms with Gasteiger partial charge in [0.1, 0.15) is 0 Å². The molecule has 0 unspecified atom stereocenters. The lowest BCUT2D eigenvalue weighted by Gasteiger charge is -2.38. The highest BCUT2D eigenvalue weighted by molar-refractivity contribution is 7.89. The molecular formula is C22H29N3O3S2. The van der Waals surface area contributed by atoms with E-state index in [0.29, 0.717) is 37.1 Å². The standard InChI is InChI=1S/C22H29N3O3S2/c1-17-5-7-20(8-6-17)30(27,28)24-13-11-23(12-14-24)22(26)18(2)25-10-3-4-21(25)19-9-15-29-16-19/h5-9,15-16,18,21H,3-4,10-14H2,1-2H3/t18-,21-/m0/s1. The van der Waals surface area contributed by atoms with Crippen LogP contribution in [0.25, 0.3) is 0 Å². The average Bonchev–Trinajstić information content (AvgIpc) is 3.44. The van der Waals surface area contributed by atoms with Crippen molar-refractivity contribution in [2.75, 3.05) is 32.7 Å². The van der Waals surface area contributed by atoms with Gasteiger partial charge in [-0.05, 0) is 67.8 Å². The van der Waals surface area contributed by atoms with Crippen molar-refractivity contribution < 1.29 is 13.2 Å². The van der Waals surface area contributed by atoms with Gasteiger partial charge in [-0.25, -0.2) is 8.42 Å². The fourth-order valence-electron chi connectivity index (χ4n) is 4.49. The maximum absolute atomic E-state index is 13.2. The van der Waals surface area contributed by atoms with Crippen LogP contribution in [0.4, 0.5) is 0 Å². The Labute approximate surface area is 183 Å². The number of likely N-dealkylation sites (tertiary alicyclic amines) is 1. The lowest BCUT2D eigenvalue weighted by molar-refractivity contribution is -0.138. The van der Waals surface area contributed by atoms with Crippen molar-refractivity contribution in [3.05, 3.63) is 52.2 Å². The number of rotatable bonds is 5. The fraction of sp³-hybridized carbons (Fsp3) is 0.500. The number of sulfonamides is 1. The number of aryl methyl sites for hydroxylation is 1. The summed E-state index contributed by atoms with van der Waals surface area (Å²) in [5.41, 5.74) is 2.33. The summed E-state index contributed by atoms with van der Waals surface area (Å²) in [6, 6.07) is 9.20. The van der Waals surface area contributed by atoms with Crippen LogP contribution in [0.3, 0.4) is 0 Å². The normalized spacial score (nSPS) is 22.3.